The van der Waals surface area contributed by atoms with E-state index in [9.17, 15) is 18.0 Å². The molecule has 0 unspecified atom stereocenters. The molecule has 0 radical (unpaired) electrons. The van der Waals surface area contributed by atoms with Gasteiger partial charge in [0.05, 0.1) is 10.6 Å². The molecule has 0 spiro atoms. The first-order chi connectivity index (χ1) is 11.2. The van der Waals surface area contributed by atoms with Crippen molar-refractivity contribution < 1.29 is 18.0 Å². The van der Waals surface area contributed by atoms with Crippen LogP contribution in [0.4, 0.5) is 18.9 Å². The third kappa shape index (κ3) is 4.79. The number of hydrogen-bond acceptors (Lipinski definition) is 1. The summed E-state index contributed by atoms with van der Waals surface area (Å²) in [5, 5.41) is 2.84. The highest BCUT2D eigenvalue weighted by atomic mass is 35.5. The minimum atomic E-state index is -4.59. The van der Waals surface area contributed by atoms with Crippen molar-refractivity contribution >= 4 is 46.4 Å². The summed E-state index contributed by atoms with van der Waals surface area (Å²) in [5.74, 6) is -0.457. The second-order valence-electron chi connectivity index (χ2n) is 4.94. The maximum atomic E-state index is 12.8. The topological polar surface area (TPSA) is 29.1 Å². The minimum absolute atomic E-state index is 0.0157. The molecule has 8 heteroatoms. The zero-order valence-electron chi connectivity index (χ0n) is 12.1. The van der Waals surface area contributed by atoms with Crippen LogP contribution in [-0.4, -0.2) is 5.91 Å². The molecule has 0 saturated carbocycles. The Morgan fingerprint density at radius 1 is 1.00 bits per heavy atom. The molecule has 128 valence electrons. The number of carbonyl (C=O) groups is 1. The first-order valence-corrected chi connectivity index (χ1v) is 7.91. The van der Waals surface area contributed by atoms with Gasteiger partial charge in [0.15, 0.2) is 0 Å². The van der Waals surface area contributed by atoms with Gasteiger partial charge in [-0.25, -0.2) is 0 Å². The number of anilines is 1. The Balaban J connectivity index is 2.05. The predicted octanol–water partition coefficient (Wildman–Crippen LogP) is 6.24. The number of alkyl halides is 3. The second kappa shape index (κ2) is 7.64. The number of carbonyl (C=O) groups excluding carboxylic acids is 1. The van der Waals surface area contributed by atoms with Crippen LogP contribution < -0.4 is 5.32 Å². The van der Waals surface area contributed by atoms with Gasteiger partial charge < -0.3 is 5.32 Å². The summed E-state index contributed by atoms with van der Waals surface area (Å²) in [5.41, 5.74) is -0.374. The van der Waals surface area contributed by atoms with Crippen LogP contribution in [0, 0.1) is 0 Å². The normalized spacial score (nSPS) is 11.4. The first kappa shape index (κ1) is 18.9. The highest BCUT2D eigenvalue weighted by molar-refractivity contribution is 6.36. The smallest absolute Gasteiger partial charge is 0.326 e. The van der Waals surface area contributed by atoms with Crippen LogP contribution in [0.25, 0.3) is 0 Å². The van der Waals surface area contributed by atoms with Gasteiger partial charge in [0.25, 0.3) is 0 Å². The average molecular weight is 397 g/mol. The van der Waals surface area contributed by atoms with E-state index in [0.717, 1.165) is 12.1 Å². The number of amides is 1. The van der Waals surface area contributed by atoms with Gasteiger partial charge in [0.2, 0.25) is 5.91 Å². The lowest BCUT2D eigenvalue weighted by Crippen LogP contribution is -2.14. The summed E-state index contributed by atoms with van der Waals surface area (Å²) in [6, 6.07) is 8.16. The van der Waals surface area contributed by atoms with Crippen molar-refractivity contribution in [3.05, 3.63) is 62.6 Å². The molecule has 2 nitrogen and oxygen atoms in total. The van der Waals surface area contributed by atoms with E-state index in [1.54, 1.807) is 18.2 Å². The molecule has 0 saturated heterocycles. The zero-order valence-corrected chi connectivity index (χ0v) is 14.3. The fourth-order valence-corrected chi connectivity index (χ4v) is 2.86. The first-order valence-electron chi connectivity index (χ1n) is 6.78. The highest BCUT2D eigenvalue weighted by Gasteiger charge is 2.33. The molecule has 24 heavy (non-hydrogen) atoms. The summed E-state index contributed by atoms with van der Waals surface area (Å²) in [4.78, 5) is 11.9. The third-order valence-electron chi connectivity index (χ3n) is 3.22. The summed E-state index contributed by atoms with van der Waals surface area (Å²) in [7, 11) is 0. The van der Waals surface area contributed by atoms with Crippen LogP contribution in [-0.2, 0) is 17.4 Å². The molecule has 2 aromatic rings. The Kier molecular flexibility index (Phi) is 6.01. The summed E-state index contributed by atoms with van der Waals surface area (Å²) in [6.45, 7) is 0. The molecule has 0 atom stereocenters. The van der Waals surface area contributed by atoms with E-state index in [0.29, 0.717) is 15.6 Å². The van der Waals surface area contributed by atoms with Gasteiger partial charge in [0.1, 0.15) is 0 Å². The lowest BCUT2D eigenvalue weighted by molar-refractivity contribution is -0.137. The van der Waals surface area contributed by atoms with E-state index in [2.05, 4.69) is 5.32 Å². The Bertz CT molecular complexity index is 742. The molecular formula is C16H11Cl3F3NO. The molecule has 2 aromatic carbocycles. The highest BCUT2D eigenvalue weighted by Crippen LogP contribution is 2.36. The molecule has 2 rings (SSSR count). The fourth-order valence-electron chi connectivity index (χ4n) is 2.05. The molecule has 1 amide bonds. The molecule has 0 fully saturated rings. The summed E-state index contributed by atoms with van der Waals surface area (Å²) < 4.78 is 38.4. The maximum Gasteiger partial charge on any atom is 0.417 e. The lowest BCUT2D eigenvalue weighted by atomic mass is 10.1. The Hall–Kier alpha value is -1.43. The molecule has 0 bridgehead atoms. The van der Waals surface area contributed by atoms with E-state index < -0.39 is 22.7 Å². The minimum Gasteiger partial charge on any atom is -0.326 e. The van der Waals surface area contributed by atoms with Crippen molar-refractivity contribution in [1.29, 1.82) is 0 Å². The summed E-state index contributed by atoms with van der Waals surface area (Å²) >= 11 is 17.5. The second-order valence-corrected chi connectivity index (χ2v) is 6.16. The molecule has 0 aliphatic heterocycles. The standard InChI is InChI=1S/C16H11Cl3F3NO/c17-12-2-1-3-13(18)10(12)5-7-15(24)23-9-4-6-14(19)11(8-9)16(20,21)22/h1-4,6,8H,5,7H2,(H,23,24). The molecule has 0 aliphatic carbocycles. The number of rotatable bonds is 4. The van der Waals surface area contributed by atoms with Crippen molar-refractivity contribution in [1.82, 2.24) is 0 Å². The average Bonchev–Trinajstić information content (AvgIpc) is 2.47. The van der Waals surface area contributed by atoms with Crippen molar-refractivity contribution in [3.63, 3.8) is 0 Å². The van der Waals surface area contributed by atoms with E-state index >= 15 is 0 Å². The largest absolute Gasteiger partial charge is 0.417 e. The molecule has 0 heterocycles. The van der Waals surface area contributed by atoms with Gasteiger partial charge in [-0.3, -0.25) is 4.79 Å². The van der Waals surface area contributed by atoms with Crippen LogP contribution in [0.3, 0.4) is 0 Å². The maximum absolute atomic E-state index is 12.8. The van der Waals surface area contributed by atoms with Gasteiger partial charge in [-0.1, -0.05) is 40.9 Å². The molecule has 1 N–H and O–H groups in total. The van der Waals surface area contributed by atoms with Gasteiger partial charge in [-0.05, 0) is 42.3 Å². The van der Waals surface area contributed by atoms with Crippen molar-refractivity contribution in [2.24, 2.45) is 0 Å². The van der Waals surface area contributed by atoms with Gasteiger partial charge >= 0.3 is 6.18 Å². The Morgan fingerprint density at radius 2 is 1.62 bits per heavy atom. The fraction of sp³-hybridized carbons (Fsp3) is 0.188. The third-order valence-corrected chi connectivity index (χ3v) is 4.26. The van der Waals surface area contributed by atoms with Crippen LogP contribution in [0.1, 0.15) is 17.5 Å². The van der Waals surface area contributed by atoms with Crippen LogP contribution >= 0.6 is 34.8 Å². The predicted molar refractivity (Wildman–Crippen MR) is 89.9 cm³/mol. The molecular weight excluding hydrogens is 386 g/mol. The SMILES string of the molecule is O=C(CCc1c(Cl)cccc1Cl)Nc1ccc(Cl)c(C(F)(F)F)c1. The molecule has 0 aliphatic rings. The number of nitrogens with one attached hydrogen (secondary N) is 1. The van der Waals surface area contributed by atoms with Crippen LogP contribution in [0.2, 0.25) is 15.1 Å². The van der Waals surface area contributed by atoms with Crippen LogP contribution in [0.5, 0.6) is 0 Å². The zero-order chi connectivity index (χ0) is 17.9. The van der Waals surface area contributed by atoms with Crippen molar-refractivity contribution in [2.45, 2.75) is 19.0 Å². The molecule has 0 aromatic heterocycles. The van der Waals surface area contributed by atoms with E-state index in [1.807, 2.05) is 0 Å². The lowest BCUT2D eigenvalue weighted by Gasteiger charge is -2.12. The van der Waals surface area contributed by atoms with E-state index in [4.69, 9.17) is 34.8 Å². The summed E-state index contributed by atoms with van der Waals surface area (Å²) in [6.07, 6.45) is -4.31. The van der Waals surface area contributed by atoms with Gasteiger partial charge in [-0.15, -0.1) is 0 Å². The Labute approximate surface area is 151 Å². The van der Waals surface area contributed by atoms with Crippen molar-refractivity contribution in [2.75, 3.05) is 5.32 Å². The van der Waals surface area contributed by atoms with Crippen LogP contribution in [0.15, 0.2) is 36.4 Å². The monoisotopic (exact) mass is 395 g/mol. The van der Waals surface area contributed by atoms with Gasteiger partial charge in [0, 0.05) is 22.2 Å². The number of benzene rings is 2. The number of halogens is 6. The van der Waals surface area contributed by atoms with E-state index in [-0.39, 0.29) is 18.5 Å². The quantitative estimate of drug-likeness (QED) is 0.651. The van der Waals surface area contributed by atoms with Gasteiger partial charge in [-0.2, -0.15) is 13.2 Å². The Morgan fingerprint density at radius 3 is 2.21 bits per heavy atom. The van der Waals surface area contributed by atoms with Crippen molar-refractivity contribution in [3.8, 4) is 0 Å². The number of hydrogen-bond donors (Lipinski definition) is 1. The van der Waals surface area contributed by atoms with E-state index in [1.165, 1.54) is 6.07 Å².